The maximum absolute atomic E-state index is 13.0. The van der Waals surface area contributed by atoms with E-state index in [2.05, 4.69) is 0 Å². The summed E-state index contributed by atoms with van der Waals surface area (Å²) < 4.78 is 35.8. The van der Waals surface area contributed by atoms with E-state index < -0.39 is 23.5 Å². The standard InChI is InChI=1S/C11H14F2O3/c1-11(14,10(15-2)16-3)7-4-8(12)6-9(13)5-7/h4-6,10,14H,1-3H3. The van der Waals surface area contributed by atoms with Crippen LogP contribution in [0.15, 0.2) is 18.2 Å². The van der Waals surface area contributed by atoms with Gasteiger partial charge >= 0.3 is 0 Å². The van der Waals surface area contributed by atoms with Crippen molar-refractivity contribution in [1.29, 1.82) is 0 Å². The molecule has 0 spiro atoms. The Labute approximate surface area is 92.6 Å². The second-order valence-corrected chi connectivity index (χ2v) is 3.61. The van der Waals surface area contributed by atoms with Crippen molar-refractivity contribution in [2.45, 2.75) is 18.8 Å². The van der Waals surface area contributed by atoms with Crippen LogP contribution in [0.1, 0.15) is 12.5 Å². The maximum atomic E-state index is 13.0. The first kappa shape index (κ1) is 13.0. The minimum absolute atomic E-state index is 0.0544. The number of benzene rings is 1. The molecule has 0 bridgehead atoms. The SMILES string of the molecule is COC(OC)C(C)(O)c1cc(F)cc(F)c1. The highest BCUT2D eigenvalue weighted by Gasteiger charge is 2.35. The molecule has 1 N–H and O–H groups in total. The highest BCUT2D eigenvalue weighted by Crippen LogP contribution is 2.28. The topological polar surface area (TPSA) is 38.7 Å². The van der Waals surface area contributed by atoms with Crippen LogP contribution in [0.3, 0.4) is 0 Å². The Morgan fingerprint density at radius 2 is 1.56 bits per heavy atom. The van der Waals surface area contributed by atoms with Gasteiger partial charge in [-0.3, -0.25) is 0 Å². The van der Waals surface area contributed by atoms with Gasteiger partial charge < -0.3 is 14.6 Å². The quantitative estimate of drug-likeness (QED) is 0.804. The van der Waals surface area contributed by atoms with Crippen molar-refractivity contribution >= 4 is 0 Å². The molecule has 90 valence electrons. The van der Waals surface area contributed by atoms with E-state index in [9.17, 15) is 13.9 Å². The molecule has 5 heteroatoms. The summed E-state index contributed by atoms with van der Waals surface area (Å²) in [5, 5.41) is 10.1. The van der Waals surface area contributed by atoms with Gasteiger partial charge in [0.25, 0.3) is 0 Å². The summed E-state index contributed by atoms with van der Waals surface area (Å²) in [5.41, 5.74) is -1.58. The van der Waals surface area contributed by atoms with Crippen molar-refractivity contribution in [3.05, 3.63) is 35.4 Å². The summed E-state index contributed by atoms with van der Waals surface area (Å²) in [5.74, 6) is -1.53. The molecule has 0 amide bonds. The number of hydrogen-bond acceptors (Lipinski definition) is 3. The molecular weight excluding hydrogens is 218 g/mol. The summed E-state index contributed by atoms with van der Waals surface area (Å²) >= 11 is 0. The van der Waals surface area contributed by atoms with Crippen LogP contribution in [0.2, 0.25) is 0 Å². The Morgan fingerprint density at radius 3 is 1.94 bits per heavy atom. The number of halogens is 2. The number of rotatable bonds is 4. The van der Waals surface area contributed by atoms with Crippen molar-refractivity contribution in [2.24, 2.45) is 0 Å². The summed E-state index contributed by atoms with van der Waals surface area (Å²) in [4.78, 5) is 0. The molecule has 1 aromatic rings. The summed E-state index contributed by atoms with van der Waals surface area (Å²) in [6.45, 7) is 1.36. The molecule has 0 radical (unpaired) electrons. The highest BCUT2D eigenvalue weighted by molar-refractivity contribution is 5.24. The van der Waals surface area contributed by atoms with E-state index in [0.717, 1.165) is 18.2 Å². The van der Waals surface area contributed by atoms with Crippen molar-refractivity contribution < 1.29 is 23.4 Å². The fraction of sp³-hybridized carbons (Fsp3) is 0.455. The van der Waals surface area contributed by atoms with E-state index in [-0.39, 0.29) is 5.56 Å². The van der Waals surface area contributed by atoms with Gasteiger partial charge in [-0.25, -0.2) is 8.78 Å². The molecule has 0 aliphatic heterocycles. The van der Waals surface area contributed by atoms with Crippen LogP contribution >= 0.6 is 0 Å². The molecule has 1 unspecified atom stereocenters. The van der Waals surface area contributed by atoms with E-state index in [0.29, 0.717) is 0 Å². The fourth-order valence-electron chi connectivity index (χ4n) is 1.54. The second-order valence-electron chi connectivity index (χ2n) is 3.61. The zero-order chi connectivity index (χ0) is 12.3. The summed E-state index contributed by atoms with van der Waals surface area (Å²) in [6.07, 6.45) is -1.01. The summed E-state index contributed by atoms with van der Waals surface area (Å²) in [6, 6.07) is 2.80. The van der Waals surface area contributed by atoms with E-state index in [1.165, 1.54) is 21.1 Å². The van der Waals surface area contributed by atoms with Gasteiger partial charge in [-0.2, -0.15) is 0 Å². The van der Waals surface area contributed by atoms with Gasteiger partial charge in [0.1, 0.15) is 17.2 Å². The number of hydrogen-bond donors (Lipinski definition) is 1. The molecule has 0 saturated carbocycles. The molecule has 0 aliphatic rings. The van der Waals surface area contributed by atoms with Crippen LogP contribution in [-0.4, -0.2) is 25.6 Å². The lowest BCUT2D eigenvalue weighted by molar-refractivity contribution is -0.213. The van der Waals surface area contributed by atoms with E-state index >= 15 is 0 Å². The Bertz CT molecular complexity index is 342. The monoisotopic (exact) mass is 232 g/mol. The van der Waals surface area contributed by atoms with Gasteiger partial charge in [-0.15, -0.1) is 0 Å². The van der Waals surface area contributed by atoms with Gasteiger partial charge in [0.05, 0.1) is 0 Å². The van der Waals surface area contributed by atoms with Gasteiger partial charge in [-0.05, 0) is 24.6 Å². The van der Waals surface area contributed by atoms with Crippen LogP contribution in [0.5, 0.6) is 0 Å². The van der Waals surface area contributed by atoms with Crippen molar-refractivity contribution in [3.8, 4) is 0 Å². The molecule has 0 saturated heterocycles. The van der Waals surface area contributed by atoms with Gasteiger partial charge in [-0.1, -0.05) is 0 Å². The van der Waals surface area contributed by atoms with E-state index in [1.807, 2.05) is 0 Å². The largest absolute Gasteiger partial charge is 0.380 e. The Morgan fingerprint density at radius 1 is 1.12 bits per heavy atom. The Balaban J connectivity index is 3.14. The van der Waals surface area contributed by atoms with Crippen LogP contribution in [0.25, 0.3) is 0 Å². The Kier molecular flexibility index (Phi) is 3.96. The summed E-state index contributed by atoms with van der Waals surface area (Å²) in [7, 11) is 2.66. The first-order valence-electron chi connectivity index (χ1n) is 4.66. The molecule has 1 aromatic carbocycles. The molecule has 1 atom stereocenters. The lowest BCUT2D eigenvalue weighted by Gasteiger charge is -2.30. The van der Waals surface area contributed by atoms with Crippen molar-refractivity contribution in [2.75, 3.05) is 14.2 Å². The van der Waals surface area contributed by atoms with Crippen molar-refractivity contribution in [3.63, 3.8) is 0 Å². The maximum Gasteiger partial charge on any atom is 0.189 e. The highest BCUT2D eigenvalue weighted by atomic mass is 19.1. The second kappa shape index (κ2) is 4.86. The number of ether oxygens (including phenoxy) is 2. The lowest BCUT2D eigenvalue weighted by Crippen LogP contribution is -2.39. The molecule has 3 nitrogen and oxygen atoms in total. The van der Waals surface area contributed by atoms with Crippen molar-refractivity contribution in [1.82, 2.24) is 0 Å². The molecule has 1 rings (SSSR count). The fourth-order valence-corrected chi connectivity index (χ4v) is 1.54. The lowest BCUT2D eigenvalue weighted by atomic mass is 9.95. The first-order valence-corrected chi connectivity index (χ1v) is 4.66. The first-order chi connectivity index (χ1) is 7.41. The zero-order valence-electron chi connectivity index (χ0n) is 9.33. The minimum atomic E-state index is -1.63. The third kappa shape index (κ3) is 2.55. The Hall–Kier alpha value is -1.04. The smallest absolute Gasteiger partial charge is 0.189 e. The molecule has 0 heterocycles. The van der Waals surface area contributed by atoms with Crippen LogP contribution in [0, 0.1) is 11.6 Å². The average molecular weight is 232 g/mol. The van der Waals surface area contributed by atoms with Crippen LogP contribution < -0.4 is 0 Å². The molecule has 0 fully saturated rings. The van der Waals surface area contributed by atoms with Gasteiger partial charge in [0.15, 0.2) is 6.29 Å². The van der Waals surface area contributed by atoms with Crippen LogP contribution in [-0.2, 0) is 15.1 Å². The van der Waals surface area contributed by atoms with Gasteiger partial charge in [0.2, 0.25) is 0 Å². The number of methoxy groups -OCH3 is 2. The molecule has 16 heavy (non-hydrogen) atoms. The average Bonchev–Trinajstić information content (AvgIpc) is 2.17. The number of aliphatic hydroxyl groups is 1. The normalized spacial score (nSPS) is 15.2. The third-order valence-electron chi connectivity index (χ3n) is 2.33. The molecule has 0 aromatic heterocycles. The molecular formula is C11H14F2O3. The zero-order valence-corrected chi connectivity index (χ0v) is 9.33. The third-order valence-corrected chi connectivity index (χ3v) is 2.33. The predicted molar refractivity (Wildman–Crippen MR) is 53.7 cm³/mol. The predicted octanol–water partition coefficient (Wildman–Crippen LogP) is 1.79. The molecule has 0 aliphatic carbocycles. The van der Waals surface area contributed by atoms with E-state index in [1.54, 1.807) is 0 Å². The van der Waals surface area contributed by atoms with Crippen LogP contribution in [0.4, 0.5) is 8.78 Å². The minimum Gasteiger partial charge on any atom is -0.380 e. The van der Waals surface area contributed by atoms with Gasteiger partial charge in [0, 0.05) is 20.3 Å². The van der Waals surface area contributed by atoms with E-state index in [4.69, 9.17) is 9.47 Å².